The number of aliphatic imine (C=N–C) groups is 1. The number of thioether (sulfide) groups is 1. The van der Waals surface area contributed by atoms with E-state index in [1.807, 2.05) is 6.92 Å². The molecule has 4 nitrogen and oxygen atoms in total. The van der Waals surface area contributed by atoms with E-state index < -0.39 is 5.75 Å². The van der Waals surface area contributed by atoms with Crippen molar-refractivity contribution in [3.8, 4) is 17.2 Å². The van der Waals surface area contributed by atoms with Gasteiger partial charge in [-0.2, -0.15) is 0 Å². The number of hydrogen-bond acceptors (Lipinski definition) is 5. The molecule has 1 aliphatic heterocycles. The maximum atomic E-state index is 9.62. The van der Waals surface area contributed by atoms with Gasteiger partial charge in [-0.3, -0.25) is 4.99 Å². The van der Waals surface area contributed by atoms with Gasteiger partial charge in [0.15, 0.2) is 11.5 Å². The molecule has 0 amide bonds. The highest BCUT2D eigenvalue weighted by atomic mass is 35.5. The second kappa shape index (κ2) is 4.84. The van der Waals surface area contributed by atoms with Crippen LogP contribution >= 0.6 is 24.2 Å². The first-order valence-electron chi connectivity index (χ1n) is 4.55. The molecule has 0 radical (unpaired) electrons. The Morgan fingerprint density at radius 3 is 2.50 bits per heavy atom. The summed E-state index contributed by atoms with van der Waals surface area (Å²) in [4.78, 5) is 4.25. The number of phenolic OH excluding ortho intramolecular Hbond substituents is 3. The second-order valence-electron chi connectivity index (χ2n) is 3.40. The van der Waals surface area contributed by atoms with Crippen LogP contribution in [0.3, 0.4) is 0 Å². The van der Waals surface area contributed by atoms with Crippen molar-refractivity contribution in [2.75, 3.05) is 6.54 Å². The van der Waals surface area contributed by atoms with Crippen LogP contribution in [0.5, 0.6) is 17.2 Å². The average Bonchev–Trinajstić information content (AvgIpc) is 2.61. The van der Waals surface area contributed by atoms with E-state index in [1.165, 1.54) is 6.07 Å². The van der Waals surface area contributed by atoms with Gasteiger partial charge in [0.05, 0.1) is 12.1 Å². The Morgan fingerprint density at radius 2 is 1.94 bits per heavy atom. The van der Waals surface area contributed by atoms with Gasteiger partial charge in [0.1, 0.15) is 5.04 Å². The highest BCUT2D eigenvalue weighted by molar-refractivity contribution is 8.15. The van der Waals surface area contributed by atoms with Crippen molar-refractivity contribution < 1.29 is 15.3 Å². The van der Waals surface area contributed by atoms with Crippen molar-refractivity contribution in [2.45, 2.75) is 12.2 Å². The van der Waals surface area contributed by atoms with Crippen LogP contribution in [-0.4, -0.2) is 32.2 Å². The Morgan fingerprint density at radius 1 is 1.25 bits per heavy atom. The lowest BCUT2D eigenvalue weighted by Crippen LogP contribution is -1.96. The minimum atomic E-state index is -0.490. The predicted molar refractivity (Wildman–Crippen MR) is 67.1 cm³/mol. The average molecular weight is 262 g/mol. The fraction of sp³-hybridized carbons (Fsp3) is 0.300. The van der Waals surface area contributed by atoms with Gasteiger partial charge in [-0.25, -0.2) is 0 Å². The van der Waals surface area contributed by atoms with Crippen molar-refractivity contribution in [3.05, 3.63) is 17.7 Å². The maximum Gasteiger partial charge on any atom is 0.201 e. The lowest BCUT2D eigenvalue weighted by molar-refractivity contribution is 0.367. The molecule has 0 aromatic heterocycles. The molecular formula is C10H12ClNO3S. The summed E-state index contributed by atoms with van der Waals surface area (Å²) >= 11 is 1.54. The van der Waals surface area contributed by atoms with Crippen LogP contribution in [0.15, 0.2) is 17.1 Å². The molecule has 1 atom stereocenters. The molecule has 88 valence electrons. The lowest BCUT2D eigenvalue weighted by atomic mass is 10.2. The molecule has 1 aromatic rings. The van der Waals surface area contributed by atoms with Crippen molar-refractivity contribution in [2.24, 2.45) is 4.99 Å². The molecule has 3 N–H and O–H groups in total. The van der Waals surface area contributed by atoms with E-state index in [0.29, 0.717) is 22.4 Å². The highest BCUT2D eigenvalue weighted by Gasteiger charge is 2.21. The largest absolute Gasteiger partial charge is 0.504 e. The first kappa shape index (κ1) is 13.0. The van der Waals surface area contributed by atoms with Gasteiger partial charge in [0.2, 0.25) is 5.75 Å². The van der Waals surface area contributed by atoms with Crippen LogP contribution in [-0.2, 0) is 0 Å². The Balaban J connectivity index is 0.00000128. The van der Waals surface area contributed by atoms with Gasteiger partial charge in [-0.05, 0) is 12.1 Å². The summed E-state index contributed by atoms with van der Waals surface area (Å²) in [7, 11) is 0. The molecule has 1 aliphatic rings. The minimum absolute atomic E-state index is 0. The van der Waals surface area contributed by atoms with Gasteiger partial charge in [-0.15, -0.1) is 24.2 Å². The van der Waals surface area contributed by atoms with E-state index in [2.05, 4.69) is 4.99 Å². The van der Waals surface area contributed by atoms with E-state index in [1.54, 1.807) is 17.8 Å². The van der Waals surface area contributed by atoms with Crippen LogP contribution in [0.1, 0.15) is 12.5 Å². The van der Waals surface area contributed by atoms with Crippen molar-refractivity contribution in [3.63, 3.8) is 0 Å². The topological polar surface area (TPSA) is 73.1 Å². The monoisotopic (exact) mass is 261 g/mol. The number of aromatic hydroxyl groups is 3. The summed E-state index contributed by atoms with van der Waals surface area (Å²) in [6.45, 7) is 2.75. The first-order chi connectivity index (χ1) is 7.09. The Bertz CT molecular complexity index is 436. The quantitative estimate of drug-likeness (QED) is 0.677. The molecule has 1 aromatic carbocycles. The molecule has 0 saturated heterocycles. The zero-order valence-electron chi connectivity index (χ0n) is 8.54. The molecule has 1 unspecified atom stereocenters. The predicted octanol–water partition coefficient (Wildman–Crippen LogP) is 2.11. The van der Waals surface area contributed by atoms with E-state index in [4.69, 9.17) is 5.11 Å². The summed E-state index contributed by atoms with van der Waals surface area (Å²) in [5.41, 5.74) is 0.472. The third-order valence-electron chi connectivity index (χ3n) is 2.17. The molecular weight excluding hydrogens is 250 g/mol. The van der Waals surface area contributed by atoms with E-state index in [-0.39, 0.29) is 23.9 Å². The van der Waals surface area contributed by atoms with Crippen molar-refractivity contribution >= 4 is 29.2 Å². The zero-order valence-corrected chi connectivity index (χ0v) is 10.2. The van der Waals surface area contributed by atoms with E-state index >= 15 is 0 Å². The number of hydrogen-bond donors (Lipinski definition) is 3. The molecule has 6 heteroatoms. The van der Waals surface area contributed by atoms with Crippen LogP contribution < -0.4 is 0 Å². The SMILES string of the molecule is CC1CN=C(c2ccc(O)c(O)c2O)S1.Cl. The number of halogens is 1. The fourth-order valence-corrected chi connectivity index (χ4v) is 2.34. The number of phenols is 3. The highest BCUT2D eigenvalue weighted by Crippen LogP contribution is 2.40. The van der Waals surface area contributed by atoms with Gasteiger partial charge >= 0.3 is 0 Å². The van der Waals surface area contributed by atoms with Crippen LogP contribution in [0.4, 0.5) is 0 Å². The van der Waals surface area contributed by atoms with Gasteiger partial charge < -0.3 is 15.3 Å². The smallest absolute Gasteiger partial charge is 0.201 e. The first-order valence-corrected chi connectivity index (χ1v) is 5.43. The van der Waals surface area contributed by atoms with Crippen LogP contribution in [0.25, 0.3) is 0 Å². The molecule has 0 spiro atoms. The zero-order chi connectivity index (χ0) is 11.0. The van der Waals surface area contributed by atoms with Gasteiger partial charge in [0.25, 0.3) is 0 Å². The van der Waals surface area contributed by atoms with Crippen molar-refractivity contribution in [1.29, 1.82) is 0 Å². The lowest BCUT2D eigenvalue weighted by Gasteiger charge is -2.07. The summed E-state index contributed by atoms with van der Waals surface area (Å²) in [5.74, 6) is -1.13. The van der Waals surface area contributed by atoms with Gasteiger partial charge in [-0.1, -0.05) is 6.92 Å². The number of nitrogens with zero attached hydrogens (tertiary/aromatic N) is 1. The standard InChI is InChI=1S/C10H11NO3S.ClH/c1-5-4-11-10(15-5)6-2-3-7(12)9(14)8(6)13;/h2-3,5,12-14H,4H2,1H3;1H. The summed E-state index contributed by atoms with van der Waals surface area (Å²) in [6, 6.07) is 2.89. The van der Waals surface area contributed by atoms with Gasteiger partial charge in [0, 0.05) is 5.25 Å². The van der Waals surface area contributed by atoms with Crippen LogP contribution in [0, 0.1) is 0 Å². The van der Waals surface area contributed by atoms with E-state index in [0.717, 1.165) is 0 Å². The molecule has 0 bridgehead atoms. The summed E-state index contributed by atoms with van der Waals surface area (Å²) in [5, 5.41) is 29.2. The van der Waals surface area contributed by atoms with Crippen LogP contribution in [0.2, 0.25) is 0 Å². The second-order valence-corrected chi connectivity index (χ2v) is 4.83. The molecule has 1 heterocycles. The molecule has 2 rings (SSSR count). The Kier molecular flexibility index (Phi) is 3.93. The third-order valence-corrected chi connectivity index (χ3v) is 3.29. The Labute approximate surface area is 103 Å². The van der Waals surface area contributed by atoms with Crippen molar-refractivity contribution in [1.82, 2.24) is 0 Å². The Hall–Kier alpha value is -1.07. The normalized spacial score (nSPS) is 19.1. The molecule has 16 heavy (non-hydrogen) atoms. The minimum Gasteiger partial charge on any atom is -0.504 e. The maximum absolute atomic E-state index is 9.62. The molecule has 0 aliphatic carbocycles. The summed E-state index contributed by atoms with van der Waals surface area (Å²) in [6.07, 6.45) is 0. The molecule has 0 saturated carbocycles. The molecule has 0 fully saturated rings. The number of benzene rings is 1. The fourth-order valence-electron chi connectivity index (χ4n) is 1.37. The summed E-state index contributed by atoms with van der Waals surface area (Å²) < 4.78 is 0. The van der Waals surface area contributed by atoms with E-state index in [9.17, 15) is 10.2 Å². The number of rotatable bonds is 1. The third kappa shape index (κ3) is 2.20.